The number of nitrogens with one attached hydrogen (secondary N) is 2. The fourth-order valence-corrected chi connectivity index (χ4v) is 2.72. The molecule has 1 saturated heterocycles. The molecule has 0 aliphatic carbocycles. The van der Waals surface area contributed by atoms with Crippen LogP contribution in [0, 0.1) is 0 Å². The van der Waals surface area contributed by atoms with E-state index in [-0.39, 0.29) is 11.9 Å². The Hall–Kier alpha value is -1.31. The number of fused-ring (bicyclic) bond motifs is 1. The van der Waals surface area contributed by atoms with Gasteiger partial charge < -0.3 is 25.2 Å². The predicted molar refractivity (Wildman–Crippen MR) is 76.2 cm³/mol. The highest BCUT2D eigenvalue weighted by molar-refractivity contribution is 9.10. The fourth-order valence-electron chi connectivity index (χ4n) is 2.30. The van der Waals surface area contributed by atoms with Gasteiger partial charge in [-0.05, 0) is 22.4 Å². The van der Waals surface area contributed by atoms with E-state index in [9.17, 15) is 9.90 Å². The number of hydrogen-bond donors (Lipinski definition) is 3. The predicted octanol–water partition coefficient (Wildman–Crippen LogP) is 0.882. The lowest BCUT2D eigenvalue weighted by atomic mass is 10.2. The Kier molecular flexibility index (Phi) is 3.82. The first-order valence-electron chi connectivity index (χ1n) is 6.45. The summed E-state index contributed by atoms with van der Waals surface area (Å²) in [4.78, 5) is 12.1. The van der Waals surface area contributed by atoms with Crippen LogP contribution in [0.15, 0.2) is 16.6 Å². The Morgan fingerprint density at radius 1 is 1.35 bits per heavy atom. The van der Waals surface area contributed by atoms with Gasteiger partial charge in [0.15, 0.2) is 11.5 Å². The van der Waals surface area contributed by atoms with Gasteiger partial charge in [-0.15, -0.1) is 0 Å². The number of aliphatic hydroxyl groups excluding tert-OH is 1. The largest absolute Gasteiger partial charge is 0.486 e. The van der Waals surface area contributed by atoms with E-state index in [1.807, 2.05) is 0 Å². The zero-order valence-corrected chi connectivity index (χ0v) is 12.3. The number of halogens is 1. The molecule has 7 heteroatoms. The molecular formula is C13H15BrN2O4. The van der Waals surface area contributed by atoms with Gasteiger partial charge in [-0.3, -0.25) is 4.79 Å². The van der Waals surface area contributed by atoms with Gasteiger partial charge in [-0.2, -0.15) is 0 Å². The second kappa shape index (κ2) is 5.59. The van der Waals surface area contributed by atoms with E-state index >= 15 is 0 Å². The maximum atomic E-state index is 12.1. The van der Waals surface area contributed by atoms with Gasteiger partial charge in [0.1, 0.15) is 13.2 Å². The van der Waals surface area contributed by atoms with Gasteiger partial charge in [0.05, 0.1) is 17.8 Å². The molecule has 3 N–H and O–H groups in total. The monoisotopic (exact) mass is 342 g/mol. The summed E-state index contributed by atoms with van der Waals surface area (Å²) in [6.07, 6.45) is -0.0389. The molecule has 0 spiro atoms. The average molecular weight is 343 g/mol. The second-order valence-corrected chi connectivity index (χ2v) is 5.67. The van der Waals surface area contributed by atoms with Crippen LogP contribution in [0.1, 0.15) is 6.42 Å². The molecule has 6 nitrogen and oxygen atoms in total. The number of ether oxygens (including phenoxy) is 2. The first-order valence-corrected chi connectivity index (χ1v) is 7.24. The van der Waals surface area contributed by atoms with Crippen LogP contribution in [0.25, 0.3) is 0 Å². The number of benzene rings is 1. The van der Waals surface area contributed by atoms with Crippen molar-refractivity contribution in [3.05, 3.63) is 16.6 Å². The average Bonchev–Trinajstić information content (AvgIpc) is 2.86. The Bertz CT molecular complexity index is 537. The Morgan fingerprint density at radius 3 is 2.70 bits per heavy atom. The van der Waals surface area contributed by atoms with Gasteiger partial charge >= 0.3 is 0 Å². The summed E-state index contributed by atoms with van der Waals surface area (Å²) in [5, 5.41) is 15.2. The van der Waals surface area contributed by atoms with Crippen molar-refractivity contribution in [1.29, 1.82) is 0 Å². The van der Waals surface area contributed by atoms with E-state index in [2.05, 4.69) is 26.6 Å². The van der Waals surface area contributed by atoms with E-state index in [1.54, 1.807) is 12.1 Å². The molecule has 2 aliphatic rings. The normalized spacial score (nSPS) is 24.5. The lowest BCUT2D eigenvalue weighted by Crippen LogP contribution is -2.35. The van der Waals surface area contributed by atoms with Gasteiger partial charge in [0.25, 0.3) is 0 Å². The van der Waals surface area contributed by atoms with Crippen molar-refractivity contribution in [2.75, 3.05) is 25.1 Å². The number of rotatable bonds is 2. The minimum Gasteiger partial charge on any atom is -0.486 e. The van der Waals surface area contributed by atoms with Crippen molar-refractivity contribution >= 4 is 27.5 Å². The molecule has 0 radical (unpaired) electrons. The minimum atomic E-state index is -0.463. The molecule has 0 saturated carbocycles. The summed E-state index contributed by atoms with van der Waals surface area (Å²) in [6.45, 7) is 1.47. The molecule has 2 atom stereocenters. The van der Waals surface area contributed by atoms with Crippen molar-refractivity contribution in [3.63, 3.8) is 0 Å². The van der Waals surface area contributed by atoms with Crippen LogP contribution in [0.2, 0.25) is 0 Å². The highest BCUT2D eigenvalue weighted by atomic mass is 79.9. The van der Waals surface area contributed by atoms with Crippen LogP contribution in [0.4, 0.5) is 5.69 Å². The molecule has 20 heavy (non-hydrogen) atoms. The number of carbonyl (C=O) groups is 1. The maximum Gasteiger partial charge on any atom is 0.241 e. The van der Waals surface area contributed by atoms with Gasteiger partial charge in [-0.25, -0.2) is 0 Å². The first kappa shape index (κ1) is 13.7. The Balaban J connectivity index is 1.75. The molecule has 0 bridgehead atoms. The van der Waals surface area contributed by atoms with Crippen LogP contribution in [0.3, 0.4) is 0 Å². The van der Waals surface area contributed by atoms with E-state index in [0.717, 1.165) is 4.47 Å². The number of β-amino-alcohol motifs (C(OH)–C–C–N with tert-alkyl or cyclic N) is 1. The summed E-state index contributed by atoms with van der Waals surface area (Å²) >= 11 is 3.40. The number of aliphatic hydroxyl groups is 1. The minimum absolute atomic E-state index is 0.168. The molecule has 1 amide bonds. The number of anilines is 1. The standard InChI is InChI=1S/C13H15BrN2O4/c14-8-4-11-12(20-2-1-19-11)5-9(8)16-13(18)10-3-7(17)6-15-10/h4-5,7,10,15,17H,1-3,6H2,(H,16,18). The number of carbonyl (C=O) groups excluding carboxylic acids is 1. The van der Waals surface area contributed by atoms with Crippen molar-refractivity contribution in [1.82, 2.24) is 5.32 Å². The molecule has 108 valence electrons. The van der Waals surface area contributed by atoms with Gasteiger partial charge in [0.2, 0.25) is 5.91 Å². The fraction of sp³-hybridized carbons (Fsp3) is 0.462. The second-order valence-electron chi connectivity index (χ2n) is 4.82. The molecule has 2 heterocycles. The van der Waals surface area contributed by atoms with Crippen molar-refractivity contribution in [2.45, 2.75) is 18.6 Å². The zero-order valence-electron chi connectivity index (χ0n) is 10.7. The van der Waals surface area contributed by atoms with Crippen LogP contribution in [-0.2, 0) is 4.79 Å². The highest BCUT2D eigenvalue weighted by Gasteiger charge is 2.28. The first-order chi connectivity index (χ1) is 9.63. The molecule has 1 aromatic carbocycles. The third kappa shape index (κ3) is 2.74. The molecule has 2 aliphatic heterocycles. The molecule has 0 aromatic heterocycles. The highest BCUT2D eigenvalue weighted by Crippen LogP contribution is 2.38. The molecule has 2 unspecified atom stereocenters. The van der Waals surface area contributed by atoms with Crippen molar-refractivity contribution in [3.8, 4) is 11.5 Å². The third-order valence-electron chi connectivity index (χ3n) is 3.31. The lowest BCUT2D eigenvalue weighted by molar-refractivity contribution is -0.117. The summed E-state index contributed by atoms with van der Waals surface area (Å²) in [5.41, 5.74) is 0.627. The van der Waals surface area contributed by atoms with Crippen LogP contribution < -0.4 is 20.1 Å². The zero-order chi connectivity index (χ0) is 14.1. The van der Waals surface area contributed by atoms with E-state index in [0.29, 0.717) is 43.4 Å². The number of hydrogen-bond acceptors (Lipinski definition) is 5. The molecule has 3 rings (SSSR count). The van der Waals surface area contributed by atoms with Gasteiger partial charge in [-0.1, -0.05) is 0 Å². The Morgan fingerprint density at radius 2 is 2.05 bits per heavy atom. The smallest absolute Gasteiger partial charge is 0.241 e. The van der Waals surface area contributed by atoms with Crippen molar-refractivity contribution in [2.24, 2.45) is 0 Å². The van der Waals surface area contributed by atoms with E-state index in [1.165, 1.54) is 0 Å². The SMILES string of the molecule is O=C(Nc1cc2c(cc1Br)OCCO2)C1CC(O)CN1. The topological polar surface area (TPSA) is 79.8 Å². The maximum absolute atomic E-state index is 12.1. The molecule has 1 fully saturated rings. The summed E-state index contributed by atoms with van der Waals surface area (Å²) < 4.78 is 11.7. The van der Waals surface area contributed by atoms with Crippen LogP contribution in [0.5, 0.6) is 11.5 Å². The quantitative estimate of drug-likeness (QED) is 0.743. The third-order valence-corrected chi connectivity index (χ3v) is 3.97. The summed E-state index contributed by atoms with van der Waals surface area (Å²) in [6, 6.07) is 3.15. The van der Waals surface area contributed by atoms with Crippen LogP contribution >= 0.6 is 15.9 Å². The van der Waals surface area contributed by atoms with Gasteiger partial charge in [0, 0.05) is 23.2 Å². The summed E-state index contributed by atoms with van der Waals surface area (Å²) in [7, 11) is 0. The molecule has 1 aromatic rings. The lowest BCUT2D eigenvalue weighted by Gasteiger charge is -2.20. The number of amides is 1. The van der Waals surface area contributed by atoms with E-state index in [4.69, 9.17) is 9.47 Å². The van der Waals surface area contributed by atoms with E-state index < -0.39 is 6.10 Å². The Labute approximate surface area is 124 Å². The summed E-state index contributed by atoms with van der Waals surface area (Å²) in [5.74, 6) is 1.11. The van der Waals surface area contributed by atoms with Crippen LogP contribution in [-0.4, -0.2) is 42.9 Å². The molecular weight excluding hydrogens is 328 g/mol. The van der Waals surface area contributed by atoms with Crippen molar-refractivity contribution < 1.29 is 19.4 Å².